The average molecular weight is 344 g/mol. The van der Waals surface area contributed by atoms with Crippen LogP contribution in [-0.2, 0) is 6.54 Å². The summed E-state index contributed by atoms with van der Waals surface area (Å²) >= 11 is 18.0. The lowest BCUT2D eigenvalue weighted by molar-refractivity contribution is 0.0786. The molecule has 0 atom stereocenters. The third-order valence-electron chi connectivity index (χ3n) is 3.07. The molecule has 0 fully saturated rings. The van der Waals surface area contributed by atoms with Gasteiger partial charge in [-0.25, -0.2) is 0 Å². The number of halogens is 3. The molecule has 0 spiro atoms. The average Bonchev–Trinajstić information content (AvgIpc) is 2.46. The van der Waals surface area contributed by atoms with E-state index in [9.17, 15) is 4.79 Å². The van der Waals surface area contributed by atoms with Gasteiger partial charge in [0.1, 0.15) is 0 Å². The number of hydrogen-bond acceptors (Lipinski definition) is 2. The number of carbonyl (C=O) groups is 1. The minimum Gasteiger partial charge on any atom is -0.397 e. The minimum absolute atomic E-state index is 0.231. The van der Waals surface area contributed by atoms with Crippen LogP contribution in [0.2, 0.25) is 15.1 Å². The molecule has 0 unspecified atom stereocenters. The smallest absolute Gasteiger partial charge is 0.256 e. The van der Waals surface area contributed by atoms with Crippen molar-refractivity contribution in [3.05, 3.63) is 62.6 Å². The number of benzene rings is 2. The molecule has 0 aliphatic rings. The summed E-state index contributed by atoms with van der Waals surface area (Å²) in [7, 11) is 1.67. The lowest BCUT2D eigenvalue weighted by Gasteiger charge is -2.19. The van der Waals surface area contributed by atoms with Crippen molar-refractivity contribution >= 4 is 46.4 Å². The summed E-state index contributed by atoms with van der Waals surface area (Å²) < 4.78 is 0. The summed E-state index contributed by atoms with van der Waals surface area (Å²) in [5, 5.41) is 1.25. The van der Waals surface area contributed by atoms with Crippen molar-refractivity contribution in [2.45, 2.75) is 6.54 Å². The van der Waals surface area contributed by atoms with Gasteiger partial charge in [0.05, 0.1) is 26.3 Å². The first-order valence-electron chi connectivity index (χ1n) is 6.14. The predicted molar refractivity (Wildman–Crippen MR) is 88.1 cm³/mol. The van der Waals surface area contributed by atoms with Crippen LogP contribution in [0.15, 0.2) is 36.4 Å². The van der Waals surface area contributed by atoms with Gasteiger partial charge in [-0.15, -0.1) is 0 Å². The van der Waals surface area contributed by atoms with Gasteiger partial charge >= 0.3 is 0 Å². The summed E-state index contributed by atoms with van der Waals surface area (Å²) in [6.07, 6.45) is 0. The van der Waals surface area contributed by atoms with E-state index in [-0.39, 0.29) is 11.6 Å². The first-order valence-corrected chi connectivity index (χ1v) is 7.27. The number of nitrogens with two attached hydrogens (primary N) is 1. The van der Waals surface area contributed by atoms with Crippen molar-refractivity contribution in [3.63, 3.8) is 0 Å². The van der Waals surface area contributed by atoms with Gasteiger partial charge in [-0.2, -0.15) is 0 Å². The Hall–Kier alpha value is -1.42. The van der Waals surface area contributed by atoms with Crippen molar-refractivity contribution in [2.24, 2.45) is 0 Å². The Kier molecular flexibility index (Phi) is 4.99. The van der Waals surface area contributed by atoms with Crippen LogP contribution in [0, 0.1) is 0 Å². The second kappa shape index (κ2) is 6.56. The molecule has 0 bridgehead atoms. The number of nitrogens with zero attached hydrogens (tertiary/aromatic N) is 1. The SMILES string of the molecule is CN(Cc1cccc(Cl)c1Cl)C(=O)c1cccc(Cl)c1N. The maximum Gasteiger partial charge on any atom is 0.256 e. The quantitative estimate of drug-likeness (QED) is 0.834. The van der Waals surface area contributed by atoms with Crippen molar-refractivity contribution in [2.75, 3.05) is 12.8 Å². The number of hydrogen-bond donors (Lipinski definition) is 1. The van der Waals surface area contributed by atoms with Gasteiger partial charge in [-0.1, -0.05) is 53.0 Å². The third-order valence-corrected chi connectivity index (χ3v) is 4.26. The second-order valence-electron chi connectivity index (χ2n) is 4.58. The third kappa shape index (κ3) is 3.43. The number of nitrogen functional groups attached to an aromatic ring is 1. The molecule has 6 heteroatoms. The number of anilines is 1. The molecule has 0 aliphatic heterocycles. The van der Waals surface area contributed by atoms with Crippen LogP contribution in [0.3, 0.4) is 0 Å². The van der Waals surface area contributed by atoms with Gasteiger partial charge in [0.2, 0.25) is 0 Å². The van der Waals surface area contributed by atoms with E-state index in [1.165, 1.54) is 4.90 Å². The topological polar surface area (TPSA) is 46.3 Å². The van der Waals surface area contributed by atoms with Crippen LogP contribution in [0.1, 0.15) is 15.9 Å². The first-order chi connectivity index (χ1) is 9.91. The van der Waals surface area contributed by atoms with E-state index in [1.54, 1.807) is 37.4 Å². The number of rotatable bonds is 3. The van der Waals surface area contributed by atoms with Gasteiger partial charge in [-0.05, 0) is 23.8 Å². The van der Waals surface area contributed by atoms with Gasteiger partial charge in [0.15, 0.2) is 0 Å². The maximum atomic E-state index is 12.4. The van der Waals surface area contributed by atoms with Crippen LogP contribution in [-0.4, -0.2) is 17.9 Å². The zero-order valence-electron chi connectivity index (χ0n) is 11.2. The largest absolute Gasteiger partial charge is 0.397 e. The van der Waals surface area contributed by atoms with E-state index in [4.69, 9.17) is 40.5 Å². The zero-order chi connectivity index (χ0) is 15.6. The second-order valence-corrected chi connectivity index (χ2v) is 5.77. The standard InChI is InChI=1S/C15H13Cl3N2O/c1-20(8-9-4-2-6-11(16)13(9)18)15(21)10-5-3-7-12(17)14(10)19/h2-7H,8,19H2,1H3. The zero-order valence-corrected chi connectivity index (χ0v) is 13.5. The van der Waals surface area contributed by atoms with E-state index in [0.717, 1.165) is 5.56 Å². The highest BCUT2D eigenvalue weighted by molar-refractivity contribution is 6.42. The fourth-order valence-corrected chi connectivity index (χ4v) is 2.48. The van der Waals surface area contributed by atoms with E-state index in [2.05, 4.69) is 0 Å². The Morgan fingerprint density at radius 3 is 2.43 bits per heavy atom. The molecule has 3 nitrogen and oxygen atoms in total. The summed E-state index contributed by atoms with van der Waals surface area (Å²) in [5.41, 5.74) is 7.24. The van der Waals surface area contributed by atoms with E-state index in [0.29, 0.717) is 27.2 Å². The molecule has 2 rings (SSSR count). The number of amides is 1. The molecule has 2 N–H and O–H groups in total. The molecule has 0 saturated carbocycles. The van der Waals surface area contributed by atoms with Crippen molar-refractivity contribution in [1.29, 1.82) is 0 Å². The molecule has 2 aromatic carbocycles. The normalized spacial score (nSPS) is 10.5. The summed E-state index contributed by atoms with van der Waals surface area (Å²) in [6, 6.07) is 10.3. The van der Waals surface area contributed by atoms with Gasteiger partial charge < -0.3 is 10.6 Å². The van der Waals surface area contributed by atoms with Gasteiger partial charge in [-0.3, -0.25) is 4.79 Å². The number of carbonyl (C=O) groups excluding carboxylic acids is 1. The summed E-state index contributed by atoms with van der Waals surface area (Å²) in [4.78, 5) is 13.9. The van der Waals surface area contributed by atoms with E-state index in [1.807, 2.05) is 6.07 Å². The van der Waals surface area contributed by atoms with Crippen LogP contribution >= 0.6 is 34.8 Å². The Bertz CT molecular complexity index is 689. The highest BCUT2D eigenvalue weighted by atomic mass is 35.5. The monoisotopic (exact) mass is 342 g/mol. The first kappa shape index (κ1) is 16.0. The van der Waals surface area contributed by atoms with Gasteiger partial charge in [0.25, 0.3) is 5.91 Å². The highest BCUT2D eigenvalue weighted by Crippen LogP contribution is 2.28. The molecule has 0 aromatic heterocycles. The molecular weight excluding hydrogens is 331 g/mol. The van der Waals surface area contributed by atoms with Crippen molar-refractivity contribution in [3.8, 4) is 0 Å². The molecule has 0 radical (unpaired) electrons. The molecule has 0 heterocycles. The van der Waals surface area contributed by atoms with Crippen molar-refractivity contribution < 1.29 is 4.79 Å². The molecular formula is C15H13Cl3N2O. The lowest BCUT2D eigenvalue weighted by Crippen LogP contribution is -2.27. The van der Waals surface area contributed by atoms with Crippen LogP contribution in [0.25, 0.3) is 0 Å². The fourth-order valence-electron chi connectivity index (χ4n) is 1.93. The molecule has 2 aromatic rings. The summed E-state index contributed by atoms with van der Waals surface area (Å²) in [6.45, 7) is 0.324. The molecule has 110 valence electrons. The highest BCUT2D eigenvalue weighted by Gasteiger charge is 2.17. The Morgan fingerprint density at radius 1 is 1.10 bits per heavy atom. The van der Waals surface area contributed by atoms with Crippen LogP contribution < -0.4 is 5.73 Å². The Morgan fingerprint density at radius 2 is 1.71 bits per heavy atom. The van der Waals surface area contributed by atoms with Crippen molar-refractivity contribution in [1.82, 2.24) is 4.90 Å². The Labute approximate surface area is 138 Å². The van der Waals surface area contributed by atoms with Crippen LogP contribution in [0.4, 0.5) is 5.69 Å². The van der Waals surface area contributed by atoms with E-state index < -0.39 is 0 Å². The number of para-hydroxylation sites is 1. The molecule has 1 amide bonds. The van der Waals surface area contributed by atoms with E-state index >= 15 is 0 Å². The van der Waals surface area contributed by atoms with Crippen LogP contribution in [0.5, 0.6) is 0 Å². The lowest BCUT2D eigenvalue weighted by atomic mass is 10.1. The predicted octanol–water partition coefficient (Wildman–Crippen LogP) is 4.50. The molecule has 21 heavy (non-hydrogen) atoms. The molecule has 0 aliphatic carbocycles. The Balaban J connectivity index is 2.24. The minimum atomic E-state index is -0.231. The maximum absolute atomic E-state index is 12.4. The van der Waals surface area contributed by atoms with Gasteiger partial charge in [0, 0.05) is 13.6 Å². The summed E-state index contributed by atoms with van der Waals surface area (Å²) in [5.74, 6) is -0.231. The molecule has 0 saturated heterocycles. The fraction of sp³-hybridized carbons (Fsp3) is 0.133.